The number of aryl methyl sites for hydroxylation is 1. The van der Waals surface area contributed by atoms with Gasteiger partial charge in [0.2, 0.25) is 0 Å². The highest BCUT2D eigenvalue weighted by molar-refractivity contribution is 5.27. The number of ether oxygens (including phenoxy) is 1. The van der Waals surface area contributed by atoms with Gasteiger partial charge < -0.3 is 4.74 Å². The van der Waals surface area contributed by atoms with Crippen molar-refractivity contribution in [1.29, 1.82) is 0 Å². The maximum absolute atomic E-state index is 5.69. The van der Waals surface area contributed by atoms with E-state index in [4.69, 9.17) is 10.6 Å². The lowest BCUT2D eigenvalue weighted by Gasteiger charge is -2.17. The van der Waals surface area contributed by atoms with E-state index in [1.807, 2.05) is 11.7 Å². The third-order valence-corrected chi connectivity index (χ3v) is 3.80. The second kappa shape index (κ2) is 9.77. The van der Waals surface area contributed by atoms with Crippen molar-refractivity contribution >= 4 is 0 Å². The van der Waals surface area contributed by atoms with Crippen molar-refractivity contribution in [2.24, 2.45) is 12.9 Å². The summed E-state index contributed by atoms with van der Waals surface area (Å²) < 4.78 is 7.18. The number of methoxy groups -OCH3 is 1. The summed E-state index contributed by atoms with van der Waals surface area (Å²) in [4.78, 5) is 0. The second-order valence-corrected chi connectivity index (χ2v) is 5.35. The van der Waals surface area contributed by atoms with E-state index in [2.05, 4.69) is 17.4 Å². The molecule has 5 nitrogen and oxygen atoms in total. The molecule has 1 rings (SSSR count). The van der Waals surface area contributed by atoms with Gasteiger partial charge in [0.05, 0.1) is 25.0 Å². The standard InChI is InChI=1S/C15H30N4O/c1-4-5-6-7-8-9-10-11-13(18-16)15-14(20-3)12-17-19(15)2/h12-13,18H,4-11,16H2,1-3H3. The molecule has 1 unspecified atom stereocenters. The van der Waals surface area contributed by atoms with Crippen LogP contribution in [0.2, 0.25) is 0 Å². The van der Waals surface area contributed by atoms with Crippen molar-refractivity contribution in [2.75, 3.05) is 7.11 Å². The summed E-state index contributed by atoms with van der Waals surface area (Å²) in [6.07, 6.45) is 11.9. The number of aromatic nitrogens is 2. The molecule has 0 fully saturated rings. The van der Waals surface area contributed by atoms with E-state index in [0.717, 1.165) is 17.9 Å². The lowest BCUT2D eigenvalue weighted by molar-refractivity contribution is 0.385. The minimum absolute atomic E-state index is 0.105. The number of rotatable bonds is 11. The van der Waals surface area contributed by atoms with Gasteiger partial charge in [-0.2, -0.15) is 5.10 Å². The average Bonchev–Trinajstić information content (AvgIpc) is 2.83. The summed E-state index contributed by atoms with van der Waals surface area (Å²) in [5.41, 5.74) is 3.92. The third-order valence-electron chi connectivity index (χ3n) is 3.80. The van der Waals surface area contributed by atoms with Crippen molar-refractivity contribution in [2.45, 2.75) is 64.3 Å². The maximum Gasteiger partial charge on any atom is 0.161 e. The Morgan fingerprint density at radius 3 is 2.50 bits per heavy atom. The van der Waals surface area contributed by atoms with Gasteiger partial charge in [-0.1, -0.05) is 51.9 Å². The molecule has 20 heavy (non-hydrogen) atoms. The summed E-state index contributed by atoms with van der Waals surface area (Å²) in [6, 6.07) is 0.105. The topological polar surface area (TPSA) is 65.1 Å². The summed E-state index contributed by atoms with van der Waals surface area (Å²) in [5.74, 6) is 6.49. The van der Waals surface area contributed by atoms with Gasteiger partial charge in [0.15, 0.2) is 5.75 Å². The van der Waals surface area contributed by atoms with Crippen LogP contribution in [0.4, 0.5) is 0 Å². The molecule has 0 radical (unpaired) electrons. The first-order valence-corrected chi connectivity index (χ1v) is 7.76. The molecule has 1 aromatic heterocycles. The van der Waals surface area contributed by atoms with E-state index in [0.29, 0.717) is 0 Å². The highest BCUT2D eigenvalue weighted by Gasteiger charge is 2.19. The van der Waals surface area contributed by atoms with Crippen molar-refractivity contribution in [3.05, 3.63) is 11.9 Å². The molecular formula is C15H30N4O. The minimum atomic E-state index is 0.105. The minimum Gasteiger partial charge on any atom is -0.493 e. The van der Waals surface area contributed by atoms with Crippen molar-refractivity contribution in [3.63, 3.8) is 0 Å². The Labute approximate surface area is 122 Å². The number of nitrogens with zero attached hydrogens (tertiary/aromatic N) is 2. The monoisotopic (exact) mass is 282 g/mol. The van der Waals surface area contributed by atoms with Gasteiger partial charge in [-0.15, -0.1) is 0 Å². The first-order valence-electron chi connectivity index (χ1n) is 7.76. The molecule has 1 atom stereocenters. The van der Waals surface area contributed by atoms with Gasteiger partial charge in [-0.25, -0.2) is 0 Å². The summed E-state index contributed by atoms with van der Waals surface area (Å²) in [5, 5.41) is 4.23. The molecule has 0 saturated carbocycles. The molecular weight excluding hydrogens is 252 g/mol. The van der Waals surface area contributed by atoms with E-state index < -0.39 is 0 Å². The number of hydrogen-bond donors (Lipinski definition) is 2. The molecule has 0 saturated heterocycles. The van der Waals surface area contributed by atoms with Crippen molar-refractivity contribution < 1.29 is 4.74 Å². The first kappa shape index (κ1) is 17.0. The van der Waals surface area contributed by atoms with Crippen LogP contribution >= 0.6 is 0 Å². The van der Waals surface area contributed by atoms with Crippen LogP contribution in [0.3, 0.4) is 0 Å². The van der Waals surface area contributed by atoms with E-state index in [1.54, 1.807) is 13.3 Å². The van der Waals surface area contributed by atoms with Gasteiger partial charge in [-0.3, -0.25) is 16.0 Å². The number of nitrogens with two attached hydrogens (primary N) is 1. The highest BCUT2D eigenvalue weighted by atomic mass is 16.5. The number of hydrazine groups is 1. The van der Waals surface area contributed by atoms with Crippen LogP contribution in [-0.4, -0.2) is 16.9 Å². The molecule has 0 aliphatic heterocycles. The van der Waals surface area contributed by atoms with E-state index in [-0.39, 0.29) is 6.04 Å². The Morgan fingerprint density at radius 2 is 1.90 bits per heavy atom. The molecule has 3 N–H and O–H groups in total. The molecule has 0 aliphatic rings. The van der Waals surface area contributed by atoms with Crippen LogP contribution < -0.4 is 16.0 Å². The van der Waals surface area contributed by atoms with E-state index in [9.17, 15) is 0 Å². The normalized spacial score (nSPS) is 12.6. The van der Waals surface area contributed by atoms with Gasteiger partial charge >= 0.3 is 0 Å². The lowest BCUT2D eigenvalue weighted by Crippen LogP contribution is -2.29. The fraction of sp³-hybridized carbons (Fsp3) is 0.800. The molecule has 5 heteroatoms. The lowest BCUT2D eigenvalue weighted by atomic mass is 10.0. The van der Waals surface area contributed by atoms with E-state index in [1.165, 1.54) is 44.9 Å². The van der Waals surface area contributed by atoms with Crippen LogP contribution in [0.5, 0.6) is 5.75 Å². The first-order chi connectivity index (χ1) is 9.74. The maximum atomic E-state index is 5.69. The van der Waals surface area contributed by atoms with Crippen LogP contribution in [0, 0.1) is 0 Å². The highest BCUT2D eigenvalue weighted by Crippen LogP contribution is 2.27. The fourth-order valence-electron chi connectivity index (χ4n) is 2.59. The Morgan fingerprint density at radius 1 is 1.25 bits per heavy atom. The Bertz CT molecular complexity index is 365. The largest absolute Gasteiger partial charge is 0.493 e. The molecule has 1 heterocycles. The quantitative estimate of drug-likeness (QED) is 0.372. The van der Waals surface area contributed by atoms with Gasteiger partial charge in [0.1, 0.15) is 0 Å². The predicted octanol–water partition coefficient (Wildman–Crippen LogP) is 3.07. The fourth-order valence-corrected chi connectivity index (χ4v) is 2.59. The predicted molar refractivity (Wildman–Crippen MR) is 82.4 cm³/mol. The molecule has 0 amide bonds. The smallest absolute Gasteiger partial charge is 0.161 e. The number of unbranched alkanes of at least 4 members (excludes halogenated alkanes) is 6. The molecule has 0 spiro atoms. The van der Waals surface area contributed by atoms with Crippen LogP contribution in [0.15, 0.2) is 6.20 Å². The van der Waals surface area contributed by atoms with Crippen LogP contribution in [0.1, 0.15) is 70.0 Å². The molecule has 116 valence electrons. The van der Waals surface area contributed by atoms with Crippen LogP contribution in [0.25, 0.3) is 0 Å². The van der Waals surface area contributed by atoms with Gasteiger partial charge in [0, 0.05) is 7.05 Å². The second-order valence-electron chi connectivity index (χ2n) is 5.35. The van der Waals surface area contributed by atoms with E-state index >= 15 is 0 Å². The van der Waals surface area contributed by atoms with Crippen molar-refractivity contribution in [1.82, 2.24) is 15.2 Å². The van der Waals surface area contributed by atoms with Gasteiger partial charge in [0.25, 0.3) is 0 Å². The SMILES string of the molecule is CCCCCCCCCC(NN)c1c(OC)cnn1C. The molecule has 0 aromatic carbocycles. The molecule has 1 aromatic rings. The zero-order valence-electron chi connectivity index (χ0n) is 13.2. The molecule has 0 aliphatic carbocycles. The zero-order chi connectivity index (χ0) is 14.8. The van der Waals surface area contributed by atoms with Crippen molar-refractivity contribution in [3.8, 4) is 5.75 Å². The zero-order valence-corrected chi connectivity index (χ0v) is 13.2. The van der Waals surface area contributed by atoms with Gasteiger partial charge in [-0.05, 0) is 6.42 Å². The summed E-state index contributed by atoms with van der Waals surface area (Å²) in [7, 11) is 3.59. The molecule has 0 bridgehead atoms. The number of nitrogens with one attached hydrogen (secondary N) is 1. The summed E-state index contributed by atoms with van der Waals surface area (Å²) >= 11 is 0. The average molecular weight is 282 g/mol. The Balaban J connectivity index is 2.34. The Hall–Kier alpha value is -1.07. The summed E-state index contributed by atoms with van der Waals surface area (Å²) in [6.45, 7) is 2.25. The number of hydrogen-bond acceptors (Lipinski definition) is 4. The third kappa shape index (κ3) is 5.13. The van der Waals surface area contributed by atoms with Crippen LogP contribution in [-0.2, 0) is 7.05 Å². The Kier molecular flexibility index (Phi) is 8.30.